The first kappa shape index (κ1) is 10.3. The van der Waals surface area contributed by atoms with E-state index in [1.807, 2.05) is 13.0 Å². The number of likely N-dealkylation sites (tertiary alicyclic amines) is 1. The van der Waals surface area contributed by atoms with Crippen LogP contribution in [0, 0.1) is 5.92 Å². The molecular formula is C10H17NO2. The summed E-state index contributed by atoms with van der Waals surface area (Å²) in [4.78, 5) is 13.0. The summed E-state index contributed by atoms with van der Waals surface area (Å²) >= 11 is 0. The van der Waals surface area contributed by atoms with E-state index in [9.17, 15) is 4.79 Å². The minimum absolute atomic E-state index is 0.143. The maximum atomic E-state index is 10.9. The van der Waals surface area contributed by atoms with Crippen molar-refractivity contribution < 1.29 is 9.90 Å². The van der Waals surface area contributed by atoms with Crippen LogP contribution in [0.5, 0.6) is 0 Å². The molecule has 0 aliphatic carbocycles. The van der Waals surface area contributed by atoms with E-state index in [2.05, 4.69) is 11.5 Å². The molecule has 74 valence electrons. The minimum Gasteiger partial charge on any atom is -0.481 e. The molecule has 0 bridgehead atoms. The number of rotatable bonds is 3. The first-order valence-corrected chi connectivity index (χ1v) is 4.74. The number of hydrogen-bond donors (Lipinski definition) is 1. The van der Waals surface area contributed by atoms with Gasteiger partial charge in [0.2, 0.25) is 0 Å². The molecule has 1 rings (SSSR count). The second-order valence-corrected chi connectivity index (χ2v) is 3.61. The first-order chi connectivity index (χ1) is 6.16. The van der Waals surface area contributed by atoms with Crippen LogP contribution < -0.4 is 0 Å². The van der Waals surface area contributed by atoms with Gasteiger partial charge >= 0.3 is 5.97 Å². The van der Waals surface area contributed by atoms with Crippen molar-refractivity contribution in [3.8, 4) is 0 Å². The second-order valence-electron chi connectivity index (χ2n) is 3.61. The molecular weight excluding hydrogens is 166 g/mol. The fraction of sp³-hybridized carbons (Fsp3) is 0.700. The average Bonchev–Trinajstić information content (AvgIpc) is 2.08. The Morgan fingerprint density at radius 1 is 1.77 bits per heavy atom. The van der Waals surface area contributed by atoms with Gasteiger partial charge in [-0.05, 0) is 26.3 Å². The van der Waals surface area contributed by atoms with Gasteiger partial charge in [0.15, 0.2) is 0 Å². The van der Waals surface area contributed by atoms with E-state index in [4.69, 9.17) is 5.11 Å². The number of carboxylic acids is 1. The fourth-order valence-corrected chi connectivity index (χ4v) is 1.97. The lowest BCUT2D eigenvalue weighted by Gasteiger charge is -2.36. The topological polar surface area (TPSA) is 40.5 Å². The summed E-state index contributed by atoms with van der Waals surface area (Å²) in [5.74, 6) is -0.866. The van der Waals surface area contributed by atoms with E-state index < -0.39 is 5.97 Å². The molecule has 1 aliphatic rings. The van der Waals surface area contributed by atoms with Crippen LogP contribution in [0.1, 0.15) is 19.8 Å². The number of aliphatic carboxylic acids is 1. The summed E-state index contributed by atoms with van der Waals surface area (Å²) in [5, 5.41) is 8.94. The Balaban J connectivity index is 2.59. The molecule has 2 unspecified atom stereocenters. The molecule has 1 aliphatic heterocycles. The maximum absolute atomic E-state index is 10.9. The van der Waals surface area contributed by atoms with Gasteiger partial charge in [-0.25, -0.2) is 0 Å². The van der Waals surface area contributed by atoms with E-state index in [0.29, 0.717) is 0 Å². The highest BCUT2D eigenvalue weighted by atomic mass is 16.4. The molecule has 0 spiro atoms. The number of nitrogens with zero attached hydrogens (tertiary/aromatic N) is 1. The molecule has 1 fully saturated rings. The van der Waals surface area contributed by atoms with Crippen molar-refractivity contribution in [2.75, 3.05) is 13.1 Å². The third-order valence-electron chi connectivity index (χ3n) is 2.80. The van der Waals surface area contributed by atoms with Gasteiger partial charge in [0.1, 0.15) is 0 Å². The Bertz CT molecular complexity index is 203. The van der Waals surface area contributed by atoms with E-state index in [1.165, 1.54) is 0 Å². The molecule has 3 heteroatoms. The standard InChI is InChI=1S/C10H17NO2/c1-3-6-11-7-4-5-9(8(11)2)10(12)13/h3,8-9H,1,4-7H2,2H3,(H,12,13). The Labute approximate surface area is 79.0 Å². The van der Waals surface area contributed by atoms with Crippen molar-refractivity contribution in [2.45, 2.75) is 25.8 Å². The molecule has 1 saturated heterocycles. The van der Waals surface area contributed by atoms with Crippen LogP contribution in [0.25, 0.3) is 0 Å². The summed E-state index contributed by atoms with van der Waals surface area (Å²) in [5.41, 5.74) is 0. The SMILES string of the molecule is C=CCN1CCCC(C(=O)O)C1C. The van der Waals surface area contributed by atoms with E-state index in [0.717, 1.165) is 25.9 Å². The van der Waals surface area contributed by atoms with Crippen LogP contribution in [0.4, 0.5) is 0 Å². The van der Waals surface area contributed by atoms with Crippen LogP contribution in [0.3, 0.4) is 0 Å². The third-order valence-corrected chi connectivity index (χ3v) is 2.80. The molecule has 0 amide bonds. The zero-order chi connectivity index (χ0) is 9.84. The highest BCUT2D eigenvalue weighted by Crippen LogP contribution is 2.23. The van der Waals surface area contributed by atoms with Crippen LogP contribution in [0.15, 0.2) is 12.7 Å². The lowest BCUT2D eigenvalue weighted by Crippen LogP contribution is -2.46. The zero-order valence-corrected chi connectivity index (χ0v) is 8.07. The van der Waals surface area contributed by atoms with Crippen molar-refractivity contribution in [1.29, 1.82) is 0 Å². The van der Waals surface area contributed by atoms with Crippen LogP contribution in [-0.2, 0) is 4.79 Å². The maximum Gasteiger partial charge on any atom is 0.308 e. The van der Waals surface area contributed by atoms with Crippen molar-refractivity contribution >= 4 is 5.97 Å². The van der Waals surface area contributed by atoms with Crippen LogP contribution in [-0.4, -0.2) is 35.1 Å². The van der Waals surface area contributed by atoms with Crippen molar-refractivity contribution in [3.63, 3.8) is 0 Å². The van der Waals surface area contributed by atoms with Crippen molar-refractivity contribution in [3.05, 3.63) is 12.7 Å². The highest BCUT2D eigenvalue weighted by Gasteiger charge is 2.31. The van der Waals surface area contributed by atoms with Crippen molar-refractivity contribution in [2.24, 2.45) is 5.92 Å². The quantitative estimate of drug-likeness (QED) is 0.671. The van der Waals surface area contributed by atoms with Crippen LogP contribution in [0.2, 0.25) is 0 Å². The summed E-state index contributed by atoms with van der Waals surface area (Å²) < 4.78 is 0. The molecule has 0 aromatic heterocycles. The molecule has 0 aromatic carbocycles. The highest BCUT2D eigenvalue weighted by molar-refractivity contribution is 5.70. The normalized spacial score (nSPS) is 29.9. The number of carbonyl (C=O) groups is 1. The molecule has 0 saturated carbocycles. The molecule has 0 radical (unpaired) electrons. The van der Waals surface area contributed by atoms with Gasteiger partial charge in [0.25, 0.3) is 0 Å². The number of carboxylic acid groups (broad SMARTS) is 1. The van der Waals surface area contributed by atoms with Gasteiger partial charge < -0.3 is 5.11 Å². The molecule has 13 heavy (non-hydrogen) atoms. The van der Waals surface area contributed by atoms with E-state index in [1.54, 1.807) is 0 Å². The zero-order valence-electron chi connectivity index (χ0n) is 8.07. The van der Waals surface area contributed by atoms with Gasteiger partial charge in [-0.15, -0.1) is 6.58 Å². The van der Waals surface area contributed by atoms with Gasteiger partial charge in [-0.2, -0.15) is 0 Å². The van der Waals surface area contributed by atoms with E-state index >= 15 is 0 Å². The minimum atomic E-state index is -0.665. The Morgan fingerprint density at radius 2 is 2.46 bits per heavy atom. The van der Waals surface area contributed by atoms with Gasteiger partial charge in [-0.3, -0.25) is 9.69 Å². The summed E-state index contributed by atoms with van der Waals surface area (Å²) in [6, 6.07) is 0.143. The summed E-state index contributed by atoms with van der Waals surface area (Å²) in [7, 11) is 0. The number of piperidine rings is 1. The Hall–Kier alpha value is -0.830. The smallest absolute Gasteiger partial charge is 0.308 e. The predicted molar refractivity (Wildman–Crippen MR) is 51.6 cm³/mol. The number of hydrogen-bond acceptors (Lipinski definition) is 2. The van der Waals surface area contributed by atoms with Gasteiger partial charge in [0, 0.05) is 12.6 Å². The molecule has 3 nitrogen and oxygen atoms in total. The monoisotopic (exact) mass is 183 g/mol. The molecule has 1 N–H and O–H groups in total. The summed E-state index contributed by atoms with van der Waals surface area (Å²) in [6.45, 7) is 7.45. The lowest BCUT2D eigenvalue weighted by atomic mass is 9.90. The summed E-state index contributed by atoms with van der Waals surface area (Å²) in [6.07, 6.45) is 3.63. The average molecular weight is 183 g/mol. The fourth-order valence-electron chi connectivity index (χ4n) is 1.97. The Morgan fingerprint density at radius 3 is 3.00 bits per heavy atom. The molecule has 0 aromatic rings. The van der Waals surface area contributed by atoms with Crippen molar-refractivity contribution in [1.82, 2.24) is 4.90 Å². The molecule has 2 atom stereocenters. The van der Waals surface area contributed by atoms with Gasteiger partial charge in [0.05, 0.1) is 5.92 Å². The predicted octanol–water partition coefficient (Wildman–Crippen LogP) is 1.36. The van der Waals surface area contributed by atoms with Gasteiger partial charge in [-0.1, -0.05) is 6.08 Å². The molecule has 1 heterocycles. The third kappa shape index (κ3) is 2.31. The van der Waals surface area contributed by atoms with Crippen LogP contribution >= 0.6 is 0 Å². The van der Waals surface area contributed by atoms with E-state index in [-0.39, 0.29) is 12.0 Å². The Kier molecular flexibility index (Phi) is 3.48. The second kappa shape index (κ2) is 4.42. The first-order valence-electron chi connectivity index (χ1n) is 4.74. The lowest BCUT2D eigenvalue weighted by molar-refractivity contribution is -0.145. The largest absolute Gasteiger partial charge is 0.481 e.